The van der Waals surface area contributed by atoms with Crippen LogP contribution in [-0.2, 0) is 24.9 Å². The number of amides is 1. The van der Waals surface area contributed by atoms with Crippen LogP contribution >= 0.6 is 0 Å². The van der Waals surface area contributed by atoms with Crippen LogP contribution in [0.4, 0.5) is 4.39 Å². The van der Waals surface area contributed by atoms with E-state index in [-0.39, 0.29) is 18.3 Å². The third-order valence-corrected chi connectivity index (χ3v) is 6.22. The molecular formula is C24H27FN4O3. The predicted molar refractivity (Wildman–Crippen MR) is 121 cm³/mol. The molecule has 1 N–H and O–H groups in total. The van der Waals surface area contributed by atoms with Crippen LogP contribution in [0.25, 0.3) is 11.0 Å². The Labute approximate surface area is 185 Å². The van der Waals surface area contributed by atoms with Gasteiger partial charge in [0, 0.05) is 25.7 Å². The summed E-state index contributed by atoms with van der Waals surface area (Å²) >= 11 is 0. The lowest BCUT2D eigenvalue weighted by Crippen LogP contribution is -2.44. The molecule has 0 atom stereocenters. The number of carbonyl (C=O) groups excluding carboxylic acids is 1. The number of hydrogen-bond donors (Lipinski definition) is 1. The molecule has 1 aromatic heterocycles. The Bertz CT molecular complexity index is 1240. The number of likely N-dealkylation sites (tertiary alicyclic amines) is 1. The molecule has 8 heteroatoms. The number of benzene rings is 2. The number of halogens is 1. The summed E-state index contributed by atoms with van der Waals surface area (Å²) in [5, 5.41) is 2.91. The summed E-state index contributed by atoms with van der Waals surface area (Å²) in [5.41, 5.74) is 0.496. The molecule has 0 radical (unpaired) electrons. The van der Waals surface area contributed by atoms with Crippen molar-refractivity contribution in [2.24, 2.45) is 13.0 Å². The molecule has 1 fully saturated rings. The van der Waals surface area contributed by atoms with Crippen molar-refractivity contribution in [2.75, 3.05) is 19.6 Å². The summed E-state index contributed by atoms with van der Waals surface area (Å²) in [4.78, 5) is 39.5. The van der Waals surface area contributed by atoms with Gasteiger partial charge in [0.15, 0.2) is 0 Å². The quantitative estimate of drug-likeness (QED) is 0.596. The molecular weight excluding hydrogens is 411 g/mol. The zero-order chi connectivity index (χ0) is 22.7. The number of piperidine rings is 1. The second kappa shape index (κ2) is 9.48. The van der Waals surface area contributed by atoms with Gasteiger partial charge >= 0.3 is 11.1 Å². The number of para-hydroxylation sites is 2. The average molecular weight is 439 g/mol. The molecule has 1 amide bonds. The Morgan fingerprint density at radius 2 is 1.66 bits per heavy atom. The van der Waals surface area contributed by atoms with Gasteiger partial charge in [-0.05, 0) is 50.0 Å². The van der Waals surface area contributed by atoms with Gasteiger partial charge in [0.25, 0.3) is 0 Å². The van der Waals surface area contributed by atoms with Gasteiger partial charge in [-0.2, -0.15) is 0 Å². The van der Waals surface area contributed by atoms with Gasteiger partial charge in [-0.15, -0.1) is 0 Å². The molecule has 2 heterocycles. The molecule has 2 aromatic carbocycles. The lowest BCUT2D eigenvalue weighted by atomic mass is 9.96. The topological polar surface area (TPSA) is 76.3 Å². The summed E-state index contributed by atoms with van der Waals surface area (Å²) in [6.07, 6.45) is 1.81. The molecule has 1 saturated heterocycles. The fraction of sp³-hybridized carbons (Fsp3) is 0.375. The van der Waals surface area contributed by atoms with E-state index in [1.165, 1.54) is 15.2 Å². The highest BCUT2D eigenvalue weighted by Gasteiger charge is 2.21. The maximum absolute atomic E-state index is 13.9. The molecule has 1 aliphatic rings. The van der Waals surface area contributed by atoms with Crippen molar-refractivity contribution in [3.05, 3.63) is 80.6 Å². The standard InChI is InChI=1S/C24H27FN4O3/c1-27-20-8-4-5-9-21(20)29(24(32)23(27)31)16-22(30)26-14-17-10-12-28(13-11-17)15-18-6-2-3-7-19(18)25/h2-9,17H,10-16H2,1H3,(H,26,30). The third-order valence-electron chi connectivity index (χ3n) is 6.22. The van der Waals surface area contributed by atoms with Gasteiger partial charge < -0.3 is 9.88 Å². The van der Waals surface area contributed by atoms with E-state index in [1.54, 1.807) is 37.4 Å². The van der Waals surface area contributed by atoms with Gasteiger partial charge in [-0.3, -0.25) is 23.9 Å². The number of aryl methyl sites for hydroxylation is 1. The van der Waals surface area contributed by atoms with Gasteiger partial charge in [0.05, 0.1) is 11.0 Å². The monoisotopic (exact) mass is 438 g/mol. The number of fused-ring (bicyclic) bond motifs is 1. The first-order valence-electron chi connectivity index (χ1n) is 10.8. The van der Waals surface area contributed by atoms with Crippen LogP contribution in [0.3, 0.4) is 0 Å². The molecule has 3 aromatic rings. The van der Waals surface area contributed by atoms with Crippen molar-refractivity contribution in [3.63, 3.8) is 0 Å². The fourth-order valence-corrected chi connectivity index (χ4v) is 4.28. The average Bonchev–Trinajstić information content (AvgIpc) is 2.81. The van der Waals surface area contributed by atoms with Crippen LogP contribution < -0.4 is 16.4 Å². The zero-order valence-corrected chi connectivity index (χ0v) is 18.1. The second-order valence-electron chi connectivity index (χ2n) is 8.36. The number of hydrogen-bond acceptors (Lipinski definition) is 4. The predicted octanol–water partition coefficient (Wildman–Crippen LogP) is 1.87. The third kappa shape index (κ3) is 4.65. The van der Waals surface area contributed by atoms with E-state index in [1.807, 2.05) is 12.1 Å². The minimum absolute atomic E-state index is 0.180. The number of nitrogens with zero attached hydrogens (tertiary/aromatic N) is 3. The number of carbonyl (C=O) groups is 1. The van der Waals surface area contributed by atoms with Crippen molar-refractivity contribution in [3.8, 4) is 0 Å². The Balaban J connectivity index is 1.33. The highest BCUT2D eigenvalue weighted by Crippen LogP contribution is 2.19. The van der Waals surface area contributed by atoms with Crippen LogP contribution in [0, 0.1) is 11.7 Å². The van der Waals surface area contributed by atoms with Gasteiger partial charge in [0.2, 0.25) is 5.91 Å². The highest BCUT2D eigenvalue weighted by molar-refractivity contribution is 5.80. The van der Waals surface area contributed by atoms with Crippen LogP contribution in [0.15, 0.2) is 58.1 Å². The first kappa shape index (κ1) is 22.0. The smallest absolute Gasteiger partial charge is 0.317 e. The maximum atomic E-state index is 13.9. The Morgan fingerprint density at radius 3 is 2.38 bits per heavy atom. The van der Waals surface area contributed by atoms with Gasteiger partial charge in [-0.25, -0.2) is 4.39 Å². The minimum atomic E-state index is -0.706. The highest BCUT2D eigenvalue weighted by atomic mass is 19.1. The summed E-state index contributed by atoms with van der Waals surface area (Å²) in [6, 6.07) is 13.9. The van der Waals surface area contributed by atoms with Crippen LogP contribution in [0.2, 0.25) is 0 Å². The second-order valence-corrected chi connectivity index (χ2v) is 8.36. The zero-order valence-electron chi connectivity index (χ0n) is 18.1. The van der Waals surface area contributed by atoms with Crippen LogP contribution in [0.5, 0.6) is 0 Å². The SMILES string of the molecule is Cn1c(=O)c(=O)n(CC(=O)NCC2CCN(Cc3ccccc3F)CC2)c2ccccc21. The molecule has 168 valence electrons. The van der Waals surface area contributed by atoms with E-state index in [0.717, 1.165) is 25.9 Å². The normalized spacial score (nSPS) is 15.2. The van der Waals surface area contributed by atoms with Crippen molar-refractivity contribution in [1.82, 2.24) is 19.4 Å². The van der Waals surface area contributed by atoms with E-state index in [0.29, 0.717) is 35.6 Å². The van der Waals surface area contributed by atoms with E-state index in [9.17, 15) is 18.8 Å². The molecule has 0 saturated carbocycles. The molecule has 32 heavy (non-hydrogen) atoms. The van der Waals surface area contributed by atoms with Crippen molar-refractivity contribution < 1.29 is 9.18 Å². The number of aromatic nitrogens is 2. The largest absolute Gasteiger partial charge is 0.354 e. The van der Waals surface area contributed by atoms with Crippen LogP contribution in [-0.4, -0.2) is 39.6 Å². The Kier molecular flexibility index (Phi) is 6.50. The first-order chi connectivity index (χ1) is 15.4. The molecule has 0 aliphatic carbocycles. The summed E-state index contributed by atoms with van der Waals surface area (Å²) < 4.78 is 16.4. The van der Waals surface area contributed by atoms with Crippen molar-refractivity contribution in [1.29, 1.82) is 0 Å². The number of nitrogens with one attached hydrogen (secondary N) is 1. The summed E-state index contributed by atoms with van der Waals surface area (Å²) in [6.45, 7) is 2.59. The van der Waals surface area contributed by atoms with E-state index >= 15 is 0 Å². The van der Waals surface area contributed by atoms with Crippen LogP contribution in [0.1, 0.15) is 18.4 Å². The lowest BCUT2D eigenvalue weighted by molar-refractivity contribution is -0.121. The first-order valence-corrected chi connectivity index (χ1v) is 10.8. The van der Waals surface area contributed by atoms with Gasteiger partial charge in [-0.1, -0.05) is 30.3 Å². The Hall–Kier alpha value is -3.26. The molecule has 1 aliphatic heterocycles. The maximum Gasteiger partial charge on any atom is 0.317 e. The van der Waals surface area contributed by atoms with Gasteiger partial charge in [0.1, 0.15) is 12.4 Å². The molecule has 0 spiro atoms. The number of rotatable bonds is 6. The van der Waals surface area contributed by atoms with E-state index < -0.39 is 11.1 Å². The lowest BCUT2D eigenvalue weighted by Gasteiger charge is -2.32. The summed E-state index contributed by atoms with van der Waals surface area (Å²) in [7, 11) is 1.55. The summed E-state index contributed by atoms with van der Waals surface area (Å²) in [5.74, 6) is -0.146. The Morgan fingerprint density at radius 1 is 1.00 bits per heavy atom. The fourth-order valence-electron chi connectivity index (χ4n) is 4.28. The molecule has 7 nitrogen and oxygen atoms in total. The van der Waals surface area contributed by atoms with E-state index in [4.69, 9.17) is 0 Å². The molecule has 0 unspecified atom stereocenters. The van der Waals surface area contributed by atoms with E-state index in [2.05, 4.69) is 10.2 Å². The molecule has 0 bridgehead atoms. The van der Waals surface area contributed by atoms with Crippen molar-refractivity contribution in [2.45, 2.75) is 25.9 Å². The molecule has 4 rings (SSSR count). The minimum Gasteiger partial charge on any atom is -0.354 e. The van der Waals surface area contributed by atoms with Crippen molar-refractivity contribution >= 4 is 16.9 Å².